The van der Waals surface area contributed by atoms with Gasteiger partial charge in [0, 0.05) is 12.5 Å². The molecule has 1 aliphatic rings. The maximum absolute atomic E-state index is 13.5. The van der Waals surface area contributed by atoms with E-state index in [4.69, 9.17) is 14.6 Å². The Hall–Kier alpha value is -3.56. The molecular formula is C29H42N4O6. The van der Waals surface area contributed by atoms with E-state index in [1.165, 1.54) is 13.5 Å². The maximum atomic E-state index is 13.5. The Labute approximate surface area is 230 Å². The quantitative estimate of drug-likeness (QED) is 0.362. The Balaban J connectivity index is 1.90. The molecule has 10 heteroatoms. The monoisotopic (exact) mass is 542 g/mol. The third-order valence-electron chi connectivity index (χ3n) is 7.09. The molecule has 1 fully saturated rings. The van der Waals surface area contributed by atoms with Gasteiger partial charge in [-0.2, -0.15) is 5.10 Å². The topological polar surface area (TPSA) is 121 Å². The second-order valence-corrected chi connectivity index (χ2v) is 10.4. The van der Waals surface area contributed by atoms with E-state index in [0.717, 1.165) is 43.4 Å². The van der Waals surface area contributed by atoms with Crippen LogP contribution in [-0.2, 0) is 14.3 Å². The number of methoxy groups -OCH3 is 3. The van der Waals surface area contributed by atoms with E-state index < -0.39 is 12.0 Å². The summed E-state index contributed by atoms with van der Waals surface area (Å²) in [5.74, 6) is 0.456. The van der Waals surface area contributed by atoms with Gasteiger partial charge >= 0.3 is 5.97 Å². The fraction of sp³-hybridized carbons (Fsp3) is 0.586. The zero-order valence-electron chi connectivity index (χ0n) is 23.7. The highest BCUT2D eigenvalue weighted by Crippen LogP contribution is 2.41. The number of carbonyl (C=O) groups is 3. The summed E-state index contributed by atoms with van der Waals surface area (Å²) in [7, 11) is 4.48. The minimum Gasteiger partial charge on any atom is -0.496 e. The highest BCUT2D eigenvalue weighted by molar-refractivity contribution is 5.94. The minimum absolute atomic E-state index is 0.0476. The Bertz CT molecular complexity index is 1100. The van der Waals surface area contributed by atoms with Crippen molar-refractivity contribution in [3.05, 3.63) is 30.0 Å². The van der Waals surface area contributed by atoms with Gasteiger partial charge in [-0.1, -0.05) is 39.2 Å². The molecule has 1 aromatic heterocycles. The molecule has 0 spiro atoms. The van der Waals surface area contributed by atoms with Crippen LogP contribution in [0.4, 0.5) is 0 Å². The molecule has 0 unspecified atom stereocenters. The van der Waals surface area contributed by atoms with E-state index in [1.54, 1.807) is 20.3 Å². The van der Waals surface area contributed by atoms with Crippen molar-refractivity contribution in [3.63, 3.8) is 0 Å². The van der Waals surface area contributed by atoms with Crippen LogP contribution in [0, 0.1) is 5.92 Å². The van der Waals surface area contributed by atoms with E-state index >= 15 is 0 Å². The average Bonchev–Trinajstić information content (AvgIpc) is 3.39. The highest BCUT2D eigenvalue weighted by atomic mass is 16.5. The van der Waals surface area contributed by atoms with Crippen molar-refractivity contribution in [1.29, 1.82) is 0 Å². The lowest BCUT2D eigenvalue weighted by Gasteiger charge is -2.25. The second-order valence-electron chi connectivity index (χ2n) is 10.4. The van der Waals surface area contributed by atoms with Crippen LogP contribution in [0.15, 0.2) is 24.3 Å². The Morgan fingerprint density at radius 3 is 2.28 bits per heavy atom. The number of aromatic nitrogens is 2. The first-order valence-corrected chi connectivity index (χ1v) is 13.7. The summed E-state index contributed by atoms with van der Waals surface area (Å²) in [6.45, 7) is 3.97. The largest absolute Gasteiger partial charge is 0.496 e. The molecule has 0 saturated heterocycles. The van der Waals surface area contributed by atoms with Crippen molar-refractivity contribution in [2.45, 2.75) is 77.3 Å². The van der Waals surface area contributed by atoms with Crippen LogP contribution in [0.2, 0.25) is 0 Å². The van der Waals surface area contributed by atoms with Gasteiger partial charge in [0.15, 0.2) is 5.69 Å². The smallest absolute Gasteiger partial charge is 0.325 e. The Morgan fingerprint density at radius 1 is 1.03 bits per heavy atom. The Kier molecular flexibility index (Phi) is 11.2. The number of rotatable bonds is 13. The number of nitrogens with one attached hydrogen (secondary N) is 2. The SMILES string of the molecule is COC(=O)CNC(=O)C[C@H](CCC(C)C)NC(=O)c1cc(-c2c(OC)cccc2OC)n(C2CCCCC2)n1. The fourth-order valence-electron chi connectivity index (χ4n) is 4.96. The van der Waals surface area contributed by atoms with Gasteiger partial charge in [-0.05, 0) is 49.8 Å². The Morgan fingerprint density at radius 2 is 1.69 bits per heavy atom. The van der Waals surface area contributed by atoms with Crippen LogP contribution in [-0.4, -0.2) is 61.5 Å². The molecule has 2 amide bonds. The predicted octanol–water partition coefficient (Wildman–Crippen LogP) is 4.29. The summed E-state index contributed by atoms with van der Waals surface area (Å²) in [5.41, 5.74) is 1.78. The molecule has 3 rings (SSSR count). The van der Waals surface area contributed by atoms with Crippen LogP contribution < -0.4 is 20.1 Å². The summed E-state index contributed by atoms with van der Waals surface area (Å²) in [6.07, 6.45) is 6.84. The normalized spacial score (nSPS) is 14.5. The molecule has 10 nitrogen and oxygen atoms in total. The average molecular weight is 543 g/mol. The number of amides is 2. The van der Waals surface area contributed by atoms with Crippen molar-refractivity contribution in [2.75, 3.05) is 27.9 Å². The lowest BCUT2D eigenvalue weighted by molar-refractivity contribution is -0.141. The van der Waals surface area contributed by atoms with Crippen LogP contribution in [0.25, 0.3) is 11.3 Å². The van der Waals surface area contributed by atoms with Crippen molar-refractivity contribution >= 4 is 17.8 Å². The van der Waals surface area contributed by atoms with Gasteiger partial charge in [-0.15, -0.1) is 0 Å². The number of benzene rings is 1. The number of nitrogens with zero attached hydrogens (tertiary/aromatic N) is 2. The first-order chi connectivity index (χ1) is 18.8. The van der Waals surface area contributed by atoms with E-state index in [-0.39, 0.29) is 36.5 Å². The van der Waals surface area contributed by atoms with Crippen LogP contribution >= 0.6 is 0 Å². The van der Waals surface area contributed by atoms with Crippen molar-refractivity contribution in [1.82, 2.24) is 20.4 Å². The molecule has 0 radical (unpaired) electrons. The fourth-order valence-corrected chi connectivity index (χ4v) is 4.96. The minimum atomic E-state index is -0.529. The maximum Gasteiger partial charge on any atom is 0.325 e. The van der Waals surface area contributed by atoms with Crippen molar-refractivity contribution < 1.29 is 28.6 Å². The highest BCUT2D eigenvalue weighted by Gasteiger charge is 2.27. The number of ether oxygens (including phenoxy) is 3. The molecule has 1 aliphatic carbocycles. The second kappa shape index (κ2) is 14.6. The number of carbonyl (C=O) groups excluding carboxylic acids is 3. The van der Waals surface area contributed by atoms with Crippen LogP contribution in [0.3, 0.4) is 0 Å². The molecule has 2 N–H and O–H groups in total. The summed E-state index contributed by atoms with van der Waals surface area (Å²) < 4.78 is 17.9. The standard InChI is InChI=1S/C29H42N4O6/c1-19(2)14-15-20(16-26(34)30-18-27(35)39-5)31-29(36)22-17-23(33(32-22)21-10-7-6-8-11-21)28-24(37-3)12-9-13-25(28)38-4/h9,12-13,17,19-21H,6-8,10-11,14-16,18H2,1-5H3,(H,30,34)(H,31,36)/t20-/m0/s1. The van der Waals surface area contributed by atoms with E-state index in [2.05, 4.69) is 29.2 Å². The van der Waals surface area contributed by atoms with Gasteiger partial charge in [-0.3, -0.25) is 19.1 Å². The third kappa shape index (κ3) is 8.21. The molecule has 2 aromatic rings. The summed E-state index contributed by atoms with van der Waals surface area (Å²) in [6, 6.07) is 7.12. The lowest BCUT2D eigenvalue weighted by atomic mass is 9.95. The van der Waals surface area contributed by atoms with E-state index in [0.29, 0.717) is 23.8 Å². The summed E-state index contributed by atoms with van der Waals surface area (Å²) >= 11 is 0. The van der Waals surface area contributed by atoms with Gasteiger partial charge in [0.25, 0.3) is 5.91 Å². The van der Waals surface area contributed by atoms with E-state index in [9.17, 15) is 14.4 Å². The van der Waals surface area contributed by atoms with Gasteiger partial charge < -0.3 is 24.8 Å². The van der Waals surface area contributed by atoms with E-state index in [1.807, 2.05) is 22.9 Å². The van der Waals surface area contributed by atoms with Crippen LogP contribution in [0.1, 0.15) is 81.7 Å². The van der Waals surface area contributed by atoms with Gasteiger partial charge in [-0.25, -0.2) is 0 Å². The van der Waals surface area contributed by atoms with Gasteiger partial charge in [0.1, 0.15) is 18.0 Å². The molecule has 0 aliphatic heterocycles. The predicted molar refractivity (Wildman–Crippen MR) is 148 cm³/mol. The first kappa shape index (κ1) is 30.0. The number of hydrogen-bond acceptors (Lipinski definition) is 7. The van der Waals surface area contributed by atoms with Gasteiger partial charge in [0.05, 0.1) is 38.6 Å². The number of hydrogen-bond donors (Lipinski definition) is 2. The summed E-state index contributed by atoms with van der Waals surface area (Å²) in [5, 5.41) is 10.4. The zero-order valence-corrected chi connectivity index (χ0v) is 23.7. The van der Waals surface area contributed by atoms with Gasteiger partial charge in [0.2, 0.25) is 5.91 Å². The molecule has 214 valence electrons. The molecule has 0 bridgehead atoms. The molecular weight excluding hydrogens is 500 g/mol. The molecule has 1 heterocycles. The molecule has 1 atom stereocenters. The van der Waals surface area contributed by atoms with Crippen LogP contribution in [0.5, 0.6) is 11.5 Å². The number of esters is 1. The first-order valence-electron chi connectivity index (χ1n) is 13.7. The molecule has 39 heavy (non-hydrogen) atoms. The molecule has 1 aromatic carbocycles. The summed E-state index contributed by atoms with van der Waals surface area (Å²) in [4.78, 5) is 37.5. The van der Waals surface area contributed by atoms with Crippen molar-refractivity contribution in [2.24, 2.45) is 5.92 Å². The third-order valence-corrected chi connectivity index (χ3v) is 7.09. The van der Waals surface area contributed by atoms with Crippen molar-refractivity contribution in [3.8, 4) is 22.8 Å². The zero-order chi connectivity index (χ0) is 28.4. The lowest BCUT2D eigenvalue weighted by Crippen LogP contribution is -2.40. The molecule has 1 saturated carbocycles.